The van der Waals surface area contributed by atoms with Crippen LogP contribution >= 0.6 is 0 Å². The molecule has 0 aromatic carbocycles. The topological polar surface area (TPSA) is 62.4 Å². The zero-order valence-electron chi connectivity index (χ0n) is 9.90. The third kappa shape index (κ3) is 2.27. The summed E-state index contributed by atoms with van der Waals surface area (Å²) in [4.78, 5) is 6.66. The lowest BCUT2D eigenvalue weighted by molar-refractivity contribution is 0.0350. The normalized spacial score (nSPS) is 19.8. The zero-order valence-corrected chi connectivity index (χ0v) is 9.90. The predicted octanol–water partition coefficient (Wildman–Crippen LogP) is 1.32. The fraction of sp³-hybridized carbons (Fsp3) is 0.583. The standard InChI is InChI=1S/C12H19N3O/c1-9-10(13)3-4-11(14-9)15-7-5-12(2,16)6-8-15/h3-4,16H,5-8,13H2,1-2H3. The quantitative estimate of drug-likeness (QED) is 0.751. The van der Waals surface area contributed by atoms with Crippen molar-refractivity contribution in [1.29, 1.82) is 0 Å². The van der Waals surface area contributed by atoms with Crippen LogP contribution in [0.2, 0.25) is 0 Å². The van der Waals surface area contributed by atoms with Gasteiger partial charge in [-0.2, -0.15) is 0 Å². The number of piperidine rings is 1. The molecule has 1 aromatic rings. The van der Waals surface area contributed by atoms with Crippen LogP contribution in [-0.4, -0.2) is 28.8 Å². The van der Waals surface area contributed by atoms with Crippen LogP contribution in [0.4, 0.5) is 11.5 Å². The SMILES string of the molecule is Cc1nc(N2CCC(C)(O)CC2)ccc1N. The first-order chi connectivity index (χ1) is 7.48. The summed E-state index contributed by atoms with van der Waals surface area (Å²) in [6.07, 6.45) is 1.58. The summed E-state index contributed by atoms with van der Waals surface area (Å²) in [5, 5.41) is 9.87. The summed E-state index contributed by atoms with van der Waals surface area (Å²) in [6.45, 7) is 5.51. The molecule has 0 aliphatic carbocycles. The van der Waals surface area contributed by atoms with Gasteiger partial charge in [-0.05, 0) is 38.8 Å². The number of hydrogen-bond acceptors (Lipinski definition) is 4. The van der Waals surface area contributed by atoms with E-state index >= 15 is 0 Å². The van der Waals surface area contributed by atoms with Gasteiger partial charge in [0.2, 0.25) is 0 Å². The Labute approximate surface area is 96.1 Å². The molecule has 4 heteroatoms. The first kappa shape index (κ1) is 11.2. The summed E-state index contributed by atoms with van der Waals surface area (Å²) in [5.74, 6) is 0.960. The van der Waals surface area contributed by atoms with Crippen molar-refractivity contribution < 1.29 is 5.11 Å². The molecule has 2 rings (SSSR count). The summed E-state index contributed by atoms with van der Waals surface area (Å²) in [5.41, 5.74) is 6.83. The Kier molecular flexibility index (Phi) is 2.76. The van der Waals surface area contributed by atoms with Crippen molar-refractivity contribution in [2.75, 3.05) is 23.7 Å². The maximum absolute atomic E-state index is 9.87. The number of aromatic nitrogens is 1. The Morgan fingerprint density at radius 3 is 2.56 bits per heavy atom. The van der Waals surface area contributed by atoms with Gasteiger partial charge in [-0.25, -0.2) is 4.98 Å². The zero-order chi connectivity index (χ0) is 11.8. The van der Waals surface area contributed by atoms with Gasteiger partial charge >= 0.3 is 0 Å². The molecule has 0 saturated carbocycles. The van der Waals surface area contributed by atoms with E-state index in [0.717, 1.165) is 43.1 Å². The summed E-state index contributed by atoms with van der Waals surface area (Å²) < 4.78 is 0. The lowest BCUT2D eigenvalue weighted by Gasteiger charge is -2.36. The van der Waals surface area contributed by atoms with Gasteiger partial charge in [0.25, 0.3) is 0 Å². The van der Waals surface area contributed by atoms with Crippen molar-refractivity contribution in [3.8, 4) is 0 Å². The highest BCUT2D eigenvalue weighted by atomic mass is 16.3. The number of anilines is 2. The van der Waals surface area contributed by atoms with Crippen LogP contribution in [0.3, 0.4) is 0 Å². The molecule has 0 spiro atoms. The molecule has 16 heavy (non-hydrogen) atoms. The summed E-state index contributed by atoms with van der Waals surface area (Å²) in [7, 11) is 0. The number of aliphatic hydroxyl groups is 1. The number of nitrogens with two attached hydrogens (primary N) is 1. The second kappa shape index (κ2) is 3.94. The van der Waals surface area contributed by atoms with Crippen LogP contribution in [0.15, 0.2) is 12.1 Å². The van der Waals surface area contributed by atoms with E-state index in [-0.39, 0.29) is 0 Å². The Morgan fingerprint density at radius 2 is 2.00 bits per heavy atom. The van der Waals surface area contributed by atoms with E-state index in [0.29, 0.717) is 0 Å². The van der Waals surface area contributed by atoms with Crippen molar-refractivity contribution in [1.82, 2.24) is 4.98 Å². The predicted molar refractivity (Wildman–Crippen MR) is 65.5 cm³/mol. The number of aryl methyl sites for hydroxylation is 1. The lowest BCUT2D eigenvalue weighted by Crippen LogP contribution is -2.42. The van der Waals surface area contributed by atoms with Crippen molar-refractivity contribution in [2.45, 2.75) is 32.3 Å². The highest BCUT2D eigenvalue weighted by molar-refractivity contribution is 5.50. The smallest absolute Gasteiger partial charge is 0.128 e. The maximum Gasteiger partial charge on any atom is 0.128 e. The van der Waals surface area contributed by atoms with Gasteiger partial charge in [0.05, 0.1) is 17.0 Å². The molecule has 1 fully saturated rings. The van der Waals surface area contributed by atoms with Crippen molar-refractivity contribution >= 4 is 11.5 Å². The van der Waals surface area contributed by atoms with Gasteiger partial charge in [0.1, 0.15) is 5.82 Å². The second-order valence-corrected chi connectivity index (χ2v) is 4.83. The van der Waals surface area contributed by atoms with Crippen molar-refractivity contribution in [3.63, 3.8) is 0 Å². The van der Waals surface area contributed by atoms with E-state index in [4.69, 9.17) is 5.73 Å². The maximum atomic E-state index is 9.87. The molecular weight excluding hydrogens is 202 g/mol. The summed E-state index contributed by atoms with van der Waals surface area (Å²) in [6, 6.07) is 3.84. The first-order valence-corrected chi connectivity index (χ1v) is 5.68. The molecular formula is C12H19N3O. The number of pyridine rings is 1. The molecule has 88 valence electrons. The Bertz CT molecular complexity index is 380. The monoisotopic (exact) mass is 221 g/mol. The van der Waals surface area contributed by atoms with E-state index in [1.165, 1.54) is 0 Å². The number of rotatable bonds is 1. The molecule has 1 saturated heterocycles. The number of nitrogen functional groups attached to an aromatic ring is 1. The molecule has 3 N–H and O–H groups in total. The average Bonchev–Trinajstić information content (AvgIpc) is 2.22. The molecule has 4 nitrogen and oxygen atoms in total. The Morgan fingerprint density at radius 1 is 1.38 bits per heavy atom. The molecule has 0 bridgehead atoms. The van der Waals surface area contributed by atoms with Gasteiger partial charge in [-0.15, -0.1) is 0 Å². The first-order valence-electron chi connectivity index (χ1n) is 5.68. The molecule has 0 unspecified atom stereocenters. The van der Waals surface area contributed by atoms with Gasteiger partial charge in [-0.1, -0.05) is 0 Å². The van der Waals surface area contributed by atoms with Crippen LogP contribution in [0, 0.1) is 6.92 Å². The minimum Gasteiger partial charge on any atom is -0.397 e. The third-order valence-corrected chi connectivity index (χ3v) is 3.28. The largest absolute Gasteiger partial charge is 0.397 e. The van der Waals surface area contributed by atoms with E-state index in [9.17, 15) is 5.11 Å². The second-order valence-electron chi connectivity index (χ2n) is 4.83. The van der Waals surface area contributed by atoms with E-state index in [2.05, 4.69) is 9.88 Å². The molecule has 0 amide bonds. The minimum absolute atomic E-state index is 0.515. The molecule has 0 radical (unpaired) electrons. The van der Waals surface area contributed by atoms with Crippen LogP contribution < -0.4 is 10.6 Å². The van der Waals surface area contributed by atoms with Crippen LogP contribution in [0.25, 0.3) is 0 Å². The van der Waals surface area contributed by atoms with Crippen molar-refractivity contribution in [3.05, 3.63) is 17.8 Å². The fourth-order valence-electron chi connectivity index (χ4n) is 1.95. The lowest BCUT2D eigenvalue weighted by atomic mass is 9.94. The molecule has 2 heterocycles. The highest BCUT2D eigenvalue weighted by Crippen LogP contribution is 2.25. The van der Waals surface area contributed by atoms with Gasteiger partial charge in [0, 0.05) is 13.1 Å². The average molecular weight is 221 g/mol. The molecule has 1 aliphatic heterocycles. The molecule has 1 aliphatic rings. The highest BCUT2D eigenvalue weighted by Gasteiger charge is 2.27. The van der Waals surface area contributed by atoms with Gasteiger partial charge in [-0.3, -0.25) is 0 Å². The van der Waals surface area contributed by atoms with E-state index in [1.54, 1.807) is 0 Å². The number of hydrogen-bond donors (Lipinski definition) is 2. The minimum atomic E-state index is -0.515. The van der Waals surface area contributed by atoms with E-state index < -0.39 is 5.60 Å². The Balaban J connectivity index is 2.11. The van der Waals surface area contributed by atoms with E-state index in [1.807, 2.05) is 26.0 Å². The fourth-order valence-corrected chi connectivity index (χ4v) is 1.95. The third-order valence-electron chi connectivity index (χ3n) is 3.28. The van der Waals surface area contributed by atoms with Gasteiger partial charge in [0.15, 0.2) is 0 Å². The van der Waals surface area contributed by atoms with Crippen LogP contribution in [0.1, 0.15) is 25.5 Å². The molecule has 1 aromatic heterocycles. The number of nitrogens with zero attached hydrogens (tertiary/aromatic N) is 2. The van der Waals surface area contributed by atoms with Crippen LogP contribution in [-0.2, 0) is 0 Å². The van der Waals surface area contributed by atoms with Crippen molar-refractivity contribution in [2.24, 2.45) is 0 Å². The Hall–Kier alpha value is -1.29. The summed E-state index contributed by atoms with van der Waals surface area (Å²) >= 11 is 0. The molecule has 0 atom stereocenters. The van der Waals surface area contributed by atoms with Crippen LogP contribution in [0.5, 0.6) is 0 Å². The van der Waals surface area contributed by atoms with Gasteiger partial charge < -0.3 is 15.7 Å².